The summed E-state index contributed by atoms with van der Waals surface area (Å²) in [6.07, 6.45) is 2.43. The van der Waals surface area contributed by atoms with Gasteiger partial charge in [0, 0.05) is 38.8 Å². The average Bonchev–Trinajstić information content (AvgIpc) is 2.65. The molecule has 0 radical (unpaired) electrons. The number of fused-ring (bicyclic) bond motifs is 1. The summed E-state index contributed by atoms with van der Waals surface area (Å²) in [4.78, 5) is 22.8. The van der Waals surface area contributed by atoms with Gasteiger partial charge in [-0.2, -0.15) is 0 Å². The average molecular weight is 356 g/mol. The largest absolute Gasteiger partial charge is 0.497 e. The molecule has 7 heteroatoms. The third-order valence-electron chi connectivity index (χ3n) is 4.42. The Morgan fingerprint density at radius 2 is 2.23 bits per heavy atom. The van der Waals surface area contributed by atoms with E-state index in [2.05, 4.69) is 15.3 Å². The Morgan fingerprint density at radius 1 is 1.42 bits per heavy atom. The number of methoxy groups -OCH3 is 1. The molecule has 1 N–H and O–H groups in total. The third kappa shape index (κ3) is 3.87. The fourth-order valence-corrected chi connectivity index (χ4v) is 2.90. The van der Waals surface area contributed by atoms with Gasteiger partial charge in [0.25, 0.3) is 5.91 Å². The Kier molecular flexibility index (Phi) is 5.25. The molecule has 3 rings (SSSR count). The van der Waals surface area contributed by atoms with Crippen molar-refractivity contribution in [1.29, 1.82) is 0 Å². The zero-order valence-corrected chi connectivity index (χ0v) is 15.6. The highest BCUT2D eigenvalue weighted by atomic mass is 16.5. The minimum atomic E-state index is -0.159. The van der Waals surface area contributed by atoms with Crippen LogP contribution in [0.2, 0.25) is 0 Å². The van der Waals surface area contributed by atoms with Gasteiger partial charge < -0.3 is 19.7 Å². The monoisotopic (exact) mass is 356 g/mol. The summed E-state index contributed by atoms with van der Waals surface area (Å²) in [7, 11) is 5.37. The van der Waals surface area contributed by atoms with Crippen LogP contribution in [0.15, 0.2) is 24.4 Å². The number of rotatable bonds is 5. The predicted molar refractivity (Wildman–Crippen MR) is 99.1 cm³/mol. The van der Waals surface area contributed by atoms with E-state index in [1.807, 2.05) is 39.2 Å². The van der Waals surface area contributed by atoms with E-state index in [1.165, 1.54) is 0 Å². The number of carbonyl (C=O) groups is 1. The van der Waals surface area contributed by atoms with Gasteiger partial charge >= 0.3 is 0 Å². The molecule has 7 nitrogen and oxygen atoms in total. The summed E-state index contributed by atoms with van der Waals surface area (Å²) in [5, 5.41) is 2.97. The highest BCUT2D eigenvalue weighted by Gasteiger charge is 2.22. The highest BCUT2D eigenvalue weighted by Crippen LogP contribution is 2.30. The molecule has 1 aromatic carbocycles. The third-order valence-corrected chi connectivity index (χ3v) is 4.42. The van der Waals surface area contributed by atoms with E-state index in [1.54, 1.807) is 18.2 Å². The second-order valence-corrected chi connectivity index (χ2v) is 6.63. The van der Waals surface area contributed by atoms with E-state index in [9.17, 15) is 4.79 Å². The first-order valence-corrected chi connectivity index (χ1v) is 8.56. The molecule has 1 atom stereocenters. The number of aryl methyl sites for hydroxylation is 1. The van der Waals surface area contributed by atoms with E-state index < -0.39 is 0 Å². The van der Waals surface area contributed by atoms with Gasteiger partial charge in [-0.05, 0) is 25.0 Å². The zero-order valence-electron chi connectivity index (χ0n) is 15.6. The molecule has 1 aromatic heterocycles. The van der Waals surface area contributed by atoms with E-state index in [0.717, 1.165) is 23.5 Å². The van der Waals surface area contributed by atoms with Gasteiger partial charge in [-0.3, -0.25) is 4.79 Å². The van der Waals surface area contributed by atoms with Crippen molar-refractivity contribution < 1.29 is 14.3 Å². The Bertz CT molecular complexity index is 807. The predicted octanol–water partition coefficient (Wildman–Crippen LogP) is 1.84. The fourth-order valence-electron chi connectivity index (χ4n) is 2.90. The summed E-state index contributed by atoms with van der Waals surface area (Å²) in [6, 6.07) is 5.84. The van der Waals surface area contributed by atoms with Crippen LogP contribution in [0.3, 0.4) is 0 Å². The lowest BCUT2D eigenvalue weighted by Crippen LogP contribution is -2.35. The van der Waals surface area contributed by atoms with E-state index in [4.69, 9.17) is 9.47 Å². The summed E-state index contributed by atoms with van der Waals surface area (Å²) >= 11 is 0. The summed E-state index contributed by atoms with van der Waals surface area (Å²) in [6.45, 7) is 2.92. The molecule has 1 unspecified atom stereocenters. The van der Waals surface area contributed by atoms with Crippen molar-refractivity contribution in [1.82, 2.24) is 15.3 Å². The number of hydrogen-bond donors (Lipinski definition) is 1. The normalized spacial score (nSPS) is 15.6. The second-order valence-electron chi connectivity index (χ2n) is 6.63. The van der Waals surface area contributed by atoms with Gasteiger partial charge in [-0.15, -0.1) is 0 Å². The number of benzene rings is 1. The van der Waals surface area contributed by atoms with Crippen LogP contribution in [0, 0.1) is 12.8 Å². The minimum Gasteiger partial charge on any atom is -0.497 e. The molecule has 1 aliphatic rings. The zero-order chi connectivity index (χ0) is 18.7. The smallest absolute Gasteiger partial charge is 0.254 e. The summed E-state index contributed by atoms with van der Waals surface area (Å²) < 4.78 is 11.0. The number of aromatic nitrogens is 2. The molecule has 2 heterocycles. The number of hydrogen-bond acceptors (Lipinski definition) is 6. The number of nitrogens with one attached hydrogen (secondary N) is 1. The van der Waals surface area contributed by atoms with Crippen molar-refractivity contribution in [2.45, 2.75) is 13.3 Å². The summed E-state index contributed by atoms with van der Waals surface area (Å²) in [5.74, 6) is 2.30. The van der Waals surface area contributed by atoms with Crippen LogP contribution in [-0.2, 0) is 6.42 Å². The number of anilines is 1. The Labute approximate surface area is 153 Å². The highest BCUT2D eigenvalue weighted by molar-refractivity contribution is 5.95. The molecule has 1 aliphatic heterocycles. The van der Waals surface area contributed by atoms with Crippen LogP contribution in [0.25, 0.3) is 0 Å². The lowest BCUT2D eigenvalue weighted by molar-refractivity contribution is 0.0937. The van der Waals surface area contributed by atoms with Crippen LogP contribution < -0.4 is 19.7 Å². The van der Waals surface area contributed by atoms with Crippen molar-refractivity contribution in [3.05, 3.63) is 41.2 Å². The first-order valence-electron chi connectivity index (χ1n) is 8.56. The van der Waals surface area contributed by atoms with Crippen LogP contribution in [0.4, 0.5) is 5.95 Å². The van der Waals surface area contributed by atoms with Gasteiger partial charge in [0.1, 0.15) is 11.5 Å². The maximum absolute atomic E-state index is 12.5. The van der Waals surface area contributed by atoms with Gasteiger partial charge in [-0.1, -0.05) is 6.07 Å². The number of amides is 1. The molecule has 138 valence electrons. The van der Waals surface area contributed by atoms with E-state index in [-0.39, 0.29) is 11.8 Å². The Hall–Kier alpha value is -2.83. The van der Waals surface area contributed by atoms with Gasteiger partial charge in [-0.25, -0.2) is 9.97 Å². The molecule has 26 heavy (non-hydrogen) atoms. The maximum atomic E-state index is 12.5. The SMILES string of the molecule is COc1ccc2c(c1)OCC(CNC(=O)c1cnc(N(C)C)nc1C)C2. The number of carbonyl (C=O) groups excluding carboxylic acids is 1. The summed E-state index contributed by atoms with van der Waals surface area (Å²) in [5.41, 5.74) is 2.29. The van der Waals surface area contributed by atoms with E-state index >= 15 is 0 Å². The number of ether oxygens (including phenoxy) is 2. The molecule has 0 fully saturated rings. The topological polar surface area (TPSA) is 76.6 Å². The van der Waals surface area contributed by atoms with Gasteiger partial charge in [0.15, 0.2) is 0 Å². The molecule has 0 aliphatic carbocycles. The molecule has 0 saturated heterocycles. The molecule has 0 saturated carbocycles. The second kappa shape index (κ2) is 7.59. The first-order chi connectivity index (χ1) is 12.5. The van der Waals surface area contributed by atoms with Crippen molar-refractivity contribution >= 4 is 11.9 Å². The maximum Gasteiger partial charge on any atom is 0.254 e. The van der Waals surface area contributed by atoms with Crippen molar-refractivity contribution in [2.24, 2.45) is 5.92 Å². The van der Waals surface area contributed by atoms with Crippen LogP contribution >= 0.6 is 0 Å². The number of nitrogens with zero attached hydrogens (tertiary/aromatic N) is 3. The molecule has 0 spiro atoms. The Balaban J connectivity index is 1.60. The standard InChI is InChI=1S/C19H24N4O3/c1-12-16(10-21-19(22-12)23(2)3)18(24)20-9-13-7-14-5-6-15(25-4)8-17(14)26-11-13/h5-6,8,10,13H,7,9,11H2,1-4H3,(H,20,24). The lowest BCUT2D eigenvalue weighted by Gasteiger charge is -2.26. The van der Waals surface area contributed by atoms with Crippen LogP contribution in [-0.4, -0.2) is 50.2 Å². The first kappa shape index (κ1) is 18.0. The molecular weight excluding hydrogens is 332 g/mol. The quantitative estimate of drug-likeness (QED) is 0.881. The van der Waals surface area contributed by atoms with Crippen molar-refractivity contribution in [3.63, 3.8) is 0 Å². The molecule has 1 amide bonds. The van der Waals surface area contributed by atoms with Gasteiger partial charge in [0.05, 0.1) is 25.0 Å². The van der Waals surface area contributed by atoms with Crippen LogP contribution in [0.1, 0.15) is 21.6 Å². The molecule has 2 aromatic rings. The van der Waals surface area contributed by atoms with E-state index in [0.29, 0.717) is 30.4 Å². The minimum absolute atomic E-state index is 0.159. The van der Waals surface area contributed by atoms with Crippen LogP contribution in [0.5, 0.6) is 11.5 Å². The van der Waals surface area contributed by atoms with Crippen molar-refractivity contribution in [2.75, 3.05) is 39.3 Å². The Morgan fingerprint density at radius 3 is 2.92 bits per heavy atom. The van der Waals surface area contributed by atoms with Gasteiger partial charge in [0.2, 0.25) is 5.95 Å². The van der Waals surface area contributed by atoms with Crippen molar-refractivity contribution in [3.8, 4) is 11.5 Å². The lowest BCUT2D eigenvalue weighted by atomic mass is 9.96. The molecule has 0 bridgehead atoms. The molecular formula is C19H24N4O3. The fraction of sp³-hybridized carbons (Fsp3) is 0.421.